The molecule has 0 aliphatic rings. The highest BCUT2D eigenvalue weighted by Crippen LogP contribution is 2.50. The van der Waals surface area contributed by atoms with E-state index < -0.39 is 0 Å². The highest BCUT2D eigenvalue weighted by atomic mass is 14.3. The van der Waals surface area contributed by atoms with Gasteiger partial charge in [-0.1, -0.05) is 181 Å². The third-order valence-corrected chi connectivity index (χ3v) is 13.1. The van der Waals surface area contributed by atoms with Crippen LogP contribution in [0.4, 0.5) is 0 Å². The first-order valence-corrected chi connectivity index (χ1v) is 22.3. The Bertz CT molecular complexity index is 4360. The topological polar surface area (TPSA) is 0 Å². The van der Waals surface area contributed by atoms with E-state index in [-0.39, 0.29) is 0 Å². The molecule has 0 unspecified atom stereocenters. The summed E-state index contributed by atoms with van der Waals surface area (Å²) >= 11 is 0. The van der Waals surface area contributed by atoms with Gasteiger partial charge >= 0.3 is 0 Å². The zero-order valence-electron chi connectivity index (χ0n) is 35.6. The predicted molar refractivity (Wildman–Crippen MR) is 279 cm³/mol. The monoisotopic (exact) mass is 826 g/mol. The lowest BCUT2D eigenvalue weighted by molar-refractivity contribution is 1.64. The summed E-state index contributed by atoms with van der Waals surface area (Å²) < 4.78 is 0. The molecular weight excluding hydrogens is 793 g/mol. The fraction of sp³-hybridized carbons (Fsp3) is 0. The third-order valence-electron chi connectivity index (χ3n) is 13.1. The molecule has 13 rings (SSSR count). The molecule has 0 heteroatoms. The zero-order chi connectivity index (χ0) is 43.6. The molecular formula is C66H34. The van der Waals surface area contributed by atoms with Crippen LogP contribution in [0.25, 0.3) is 86.2 Å². The van der Waals surface area contributed by atoms with Crippen LogP contribution in [0.15, 0.2) is 206 Å². The van der Waals surface area contributed by atoms with Crippen molar-refractivity contribution in [2.24, 2.45) is 0 Å². The van der Waals surface area contributed by atoms with E-state index in [0.29, 0.717) is 0 Å². The Kier molecular flexibility index (Phi) is 8.59. The summed E-state index contributed by atoms with van der Waals surface area (Å²) in [5.74, 6) is 28.7. The van der Waals surface area contributed by atoms with Gasteiger partial charge in [-0.25, -0.2) is 0 Å². The molecule has 0 fully saturated rings. The SMILES string of the molecule is C(#Cc1ccc(C#Cc2ccccc2)c2c3cc4c(cc5c6c(C#Cc7ccccc7)c7ccccc7c(C#Cc7ccccc7)c6c6cccc4c65)c4cccc(c12)c43)c1ccccc1. The van der Waals surface area contributed by atoms with Crippen molar-refractivity contribution in [2.45, 2.75) is 0 Å². The normalized spacial score (nSPS) is 11.2. The predicted octanol–water partition coefficient (Wildman–Crippen LogP) is 15.4. The Morgan fingerprint density at radius 2 is 0.500 bits per heavy atom. The Hall–Kier alpha value is -9.30. The Morgan fingerprint density at radius 3 is 0.939 bits per heavy atom. The lowest BCUT2D eigenvalue weighted by atomic mass is 9.91. The second kappa shape index (κ2) is 15.2. The Morgan fingerprint density at radius 1 is 0.182 bits per heavy atom. The summed E-state index contributed by atoms with van der Waals surface area (Å²) in [4.78, 5) is 0. The molecule has 0 nitrogen and oxygen atoms in total. The van der Waals surface area contributed by atoms with E-state index in [9.17, 15) is 0 Å². The first-order chi connectivity index (χ1) is 32.8. The first kappa shape index (κ1) is 37.3. The molecule has 0 saturated heterocycles. The van der Waals surface area contributed by atoms with Crippen molar-refractivity contribution in [3.05, 3.63) is 251 Å². The van der Waals surface area contributed by atoms with Crippen LogP contribution in [0, 0.1) is 47.4 Å². The minimum absolute atomic E-state index is 0.979. The van der Waals surface area contributed by atoms with E-state index in [1.54, 1.807) is 0 Å². The van der Waals surface area contributed by atoms with Gasteiger partial charge in [-0.15, -0.1) is 0 Å². The van der Waals surface area contributed by atoms with Crippen LogP contribution in [-0.4, -0.2) is 0 Å². The van der Waals surface area contributed by atoms with Crippen molar-refractivity contribution in [3.63, 3.8) is 0 Å². The highest BCUT2D eigenvalue weighted by molar-refractivity contribution is 6.43. The average molecular weight is 827 g/mol. The maximum atomic E-state index is 3.74. The third kappa shape index (κ3) is 5.96. The standard InChI is InChI=1S/C66H34/c1-5-17-43(18-6-1)31-35-47-37-38-48(36-32-44-19-7-2-8-20-44)62-59-41-57-52-28-16-30-56-64(52)60(42-58(57)51-27-15-29-55(61(47)62)63(51)59)66-54(40-34-46-23-11-4-12-24-46)50-26-14-13-25-49(50)53(65(56)66)39-33-45-21-9-3-10-22-45/h1-30,37-38,41-42H. The van der Waals surface area contributed by atoms with Gasteiger partial charge in [-0.2, -0.15) is 0 Å². The van der Waals surface area contributed by atoms with Crippen LogP contribution < -0.4 is 0 Å². The van der Waals surface area contributed by atoms with E-state index in [0.717, 1.165) is 76.8 Å². The molecule has 0 amide bonds. The van der Waals surface area contributed by atoms with Crippen LogP contribution in [0.1, 0.15) is 44.5 Å². The number of benzene rings is 11. The smallest absolute Gasteiger partial charge is 0.0413 e. The van der Waals surface area contributed by atoms with Crippen molar-refractivity contribution in [3.8, 4) is 47.4 Å². The summed E-state index contributed by atoms with van der Waals surface area (Å²) in [7, 11) is 0. The van der Waals surface area contributed by atoms with Crippen molar-refractivity contribution < 1.29 is 0 Å². The summed E-state index contributed by atoms with van der Waals surface area (Å²) in [5, 5.41) is 18.8. The fourth-order valence-electron chi connectivity index (χ4n) is 10.2. The first-order valence-electron chi connectivity index (χ1n) is 22.3. The number of fused-ring (bicyclic) bond motifs is 10. The maximum absolute atomic E-state index is 3.74. The quantitative estimate of drug-likeness (QED) is 0.106. The molecule has 0 aliphatic carbocycles. The van der Waals surface area contributed by atoms with E-state index in [1.165, 1.54) is 53.9 Å². The molecule has 0 bridgehead atoms. The van der Waals surface area contributed by atoms with Crippen LogP contribution in [-0.2, 0) is 0 Å². The molecule has 0 atom stereocenters. The van der Waals surface area contributed by atoms with Crippen LogP contribution in [0.3, 0.4) is 0 Å². The lowest BCUT2D eigenvalue weighted by Gasteiger charge is -2.11. The minimum Gasteiger partial charge on any atom is -0.0622 e. The highest BCUT2D eigenvalue weighted by Gasteiger charge is 2.24. The van der Waals surface area contributed by atoms with Crippen LogP contribution >= 0.6 is 0 Å². The summed E-state index contributed by atoms with van der Waals surface area (Å²) in [6.07, 6.45) is 0. The van der Waals surface area contributed by atoms with Crippen LogP contribution in [0.2, 0.25) is 0 Å². The summed E-state index contributed by atoms with van der Waals surface area (Å²) in [6, 6.07) is 72.5. The molecule has 0 aromatic heterocycles. The molecule has 0 saturated carbocycles. The van der Waals surface area contributed by atoms with Gasteiger partial charge in [0.2, 0.25) is 0 Å². The Labute approximate surface area is 382 Å². The zero-order valence-corrected chi connectivity index (χ0v) is 35.6. The van der Waals surface area contributed by atoms with E-state index in [2.05, 4.69) is 181 Å². The van der Waals surface area contributed by atoms with E-state index in [1.807, 2.05) is 72.8 Å². The maximum Gasteiger partial charge on any atom is 0.0413 e. The van der Waals surface area contributed by atoms with Crippen molar-refractivity contribution in [2.75, 3.05) is 0 Å². The molecule has 298 valence electrons. The largest absolute Gasteiger partial charge is 0.0622 e. The van der Waals surface area contributed by atoms with Gasteiger partial charge in [0.25, 0.3) is 0 Å². The average Bonchev–Trinajstić information content (AvgIpc) is 3.90. The Balaban J connectivity index is 1.18. The van der Waals surface area contributed by atoms with E-state index >= 15 is 0 Å². The molecule has 13 aromatic carbocycles. The second-order valence-electron chi connectivity index (χ2n) is 16.8. The van der Waals surface area contributed by atoms with Gasteiger partial charge in [-0.3, -0.25) is 0 Å². The van der Waals surface area contributed by atoms with Gasteiger partial charge < -0.3 is 0 Å². The minimum atomic E-state index is 0.979. The van der Waals surface area contributed by atoms with Gasteiger partial charge in [-0.05, 0) is 137 Å². The summed E-state index contributed by atoms with van der Waals surface area (Å²) in [5.41, 5.74) is 7.95. The van der Waals surface area contributed by atoms with Gasteiger partial charge in [0.15, 0.2) is 0 Å². The molecule has 0 heterocycles. The van der Waals surface area contributed by atoms with Crippen molar-refractivity contribution >= 4 is 86.2 Å². The lowest BCUT2D eigenvalue weighted by Crippen LogP contribution is -1.89. The molecule has 13 aromatic rings. The van der Waals surface area contributed by atoms with Gasteiger partial charge in [0.05, 0.1) is 0 Å². The van der Waals surface area contributed by atoms with Crippen molar-refractivity contribution in [1.29, 1.82) is 0 Å². The fourth-order valence-corrected chi connectivity index (χ4v) is 10.2. The van der Waals surface area contributed by atoms with E-state index in [4.69, 9.17) is 0 Å². The number of rotatable bonds is 0. The van der Waals surface area contributed by atoms with Crippen LogP contribution in [0.5, 0.6) is 0 Å². The van der Waals surface area contributed by atoms with Crippen molar-refractivity contribution in [1.82, 2.24) is 0 Å². The summed E-state index contributed by atoms with van der Waals surface area (Å²) in [6.45, 7) is 0. The molecule has 0 N–H and O–H groups in total. The molecule has 0 spiro atoms. The van der Waals surface area contributed by atoms with Gasteiger partial charge in [0, 0.05) is 66.1 Å². The molecule has 0 radical (unpaired) electrons. The second-order valence-corrected chi connectivity index (χ2v) is 16.8. The number of hydrogen-bond donors (Lipinski definition) is 0. The van der Waals surface area contributed by atoms with Gasteiger partial charge in [0.1, 0.15) is 0 Å². The number of hydrogen-bond acceptors (Lipinski definition) is 0. The molecule has 0 aliphatic heterocycles. The molecule has 66 heavy (non-hydrogen) atoms.